The number of methoxy groups -OCH3 is 1. The summed E-state index contributed by atoms with van der Waals surface area (Å²) in [4.78, 5) is 0. The Kier molecular flexibility index (Phi) is 5.40. The standard InChI is InChI=1S/C18H19NO5.ClH/c1-20-15-7-12(8-16-18(15)22-6-5-21-16)9-19-10-13-3-2-4-14-17(13)24-11-23-14;/h2-4,7-8,19H,5-6,9-11H2,1H3;1H. The van der Waals surface area contributed by atoms with Crippen molar-refractivity contribution in [2.45, 2.75) is 13.1 Å². The van der Waals surface area contributed by atoms with Gasteiger partial charge in [0.15, 0.2) is 23.0 Å². The molecule has 0 aliphatic carbocycles. The van der Waals surface area contributed by atoms with Crippen LogP contribution >= 0.6 is 12.4 Å². The van der Waals surface area contributed by atoms with Crippen molar-refractivity contribution in [3.8, 4) is 28.7 Å². The van der Waals surface area contributed by atoms with E-state index in [1.807, 2.05) is 30.3 Å². The summed E-state index contributed by atoms with van der Waals surface area (Å²) in [6.07, 6.45) is 0. The van der Waals surface area contributed by atoms with Crippen LogP contribution in [-0.4, -0.2) is 27.1 Å². The van der Waals surface area contributed by atoms with Crippen molar-refractivity contribution >= 4 is 12.4 Å². The van der Waals surface area contributed by atoms with Gasteiger partial charge in [-0.25, -0.2) is 0 Å². The van der Waals surface area contributed by atoms with E-state index < -0.39 is 0 Å². The number of para-hydroxylation sites is 1. The number of ether oxygens (including phenoxy) is 5. The Bertz CT molecular complexity index is 735. The van der Waals surface area contributed by atoms with E-state index in [0.717, 1.165) is 28.4 Å². The topological polar surface area (TPSA) is 58.2 Å². The van der Waals surface area contributed by atoms with E-state index in [4.69, 9.17) is 23.7 Å². The molecule has 0 atom stereocenters. The molecule has 0 aromatic heterocycles. The first kappa shape index (κ1) is 17.5. The average molecular weight is 366 g/mol. The van der Waals surface area contributed by atoms with Gasteiger partial charge in [-0.2, -0.15) is 0 Å². The minimum absolute atomic E-state index is 0. The largest absolute Gasteiger partial charge is 0.493 e. The number of benzene rings is 2. The third-order valence-electron chi connectivity index (χ3n) is 4.01. The van der Waals surface area contributed by atoms with Crippen LogP contribution in [0.2, 0.25) is 0 Å². The predicted octanol–water partition coefficient (Wildman–Crippen LogP) is 2.91. The molecule has 0 radical (unpaired) electrons. The Morgan fingerprint density at radius 2 is 1.84 bits per heavy atom. The minimum Gasteiger partial charge on any atom is -0.493 e. The van der Waals surface area contributed by atoms with Gasteiger partial charge in [0, 0.05) is 18.7 Å². The van der Waals surface area contributed by atoms with Gasteiger partial charge >= 0.3 is 0 Å². The molecule has 2 aliphatic rings. The molecule has 0 saturated heterocycles. The fourth-order valence-electron chi connectivity index (χ4n) is 2.90. The van der Waals surface area contributed by atoms with E-state index in [1.165, 1.54) is 0 Å². The summed E-state index contributed by atoms with van der Waals surface area (Å²) in [6, 6.07) is 9.87. The molecule has 0 amide bonds. The number of halogens is 1. The quantitative estimate of drug-likeness (QED) is 0.879. The van der Waals surface area contributed by atoms with Crippen LogP contribution in [0.25, 0.3) is 0 Å². The van der Waals surface area contributed by atoms with Gasteiger partial charge < -0.3 is 29.0 Å². The lowest BCUT2D eigenvalue weighted by molar-refractivity contribution is 0.165. The number of hydrogen-bond acceptors (Lipinski definition) is 6. The highest BCUT2D eigenvalue weighted by Gasteiger charge is 2.19. The van der Waals surface area contributed by atoms with Gasteiger partial charge in [-0.1, -0.05) is 12.1 Å². The second-order valence-corrected chi connectivity index (χ2v) is 5.58. The molecule has 25 heavy (non-hydrogen) atoms. The maximum Gasteiger partial charge on any atom is 0.231 e. The molecular weight excluding hydrogens is 346 g/mol. The van der Waals surface area contributed by atoms with E-state index in [-0.39, 0.29) is 19.2 Å². The molecule has 2 heterocycles. The molecule has 1 N–H and O–H groups in total. The highest BCUT2D eigenvalue weighted by molar-refractivity contribution is 5.85. The van der Waals surface area contributed by atoms with E-state index >= 15 is 0 Å². The molecule has 7 heteroatoms. The first-order valence-corrected chi connectivity index (χ1v) is 7.90. The lowest BCUT2D eigenvalue weighted by Crippen LogP contribution is -2.17. The molecule has 2 aliphatic heterocycles. The van der Waals surface area contributed by atoms with Crippen LogP contribution in [0.15, 0.2) is 30.3 Å². The predicted molar refractivity (Wildman–Crippen MR) is 94.3 cm³/mol. The maximum absolute atomic E-state index is 5.66. The maximum atomic E-state index is 5.66. The summed E-state index contributed by atoms with van der Waals surface area (Å²) in [5.74, 6) is 3.73. The molecule has 134 valence electrons. The van der Waals surface area contributed by atoms with E-state index in [9.17, 15) is 0 Å². The molecular formula is C18H20ClNO5. The molecule has 6 nitrogen and oxygen atoms in total. The van der Waals surface area contributed by atoms with Crippen LogP contribution in [0.3, 0.4) is 0 Å². The van der Waals surface area contributed by atoms with Gasteiger partial charge in [-0.3, -0.25) is 0 Å². The van der Waals surface area contributed by atoms with Crippen molar-refractivity contribution in [2.24, 2.45) is 0 Å². The zero-order chi connectivity index (χ0) is 16.4. The Morgan fingerprint density at radius 1 is 0.960 bits per heavy atom. The van der Waals surface area contributed by atoms with Crippen LogP contribution in [0.1, 0.15) is 11.1 Å². The van der Waals surface area contributed by atoms with Crippen LogP contribution < -0.4 is 29.0 Å². The number of nitrogens with one attached hydrogen (secondary N) is 1. The first-order valence-electron chi connectivity index (χ1n) is 7.90. The third-order valence-corrected chi connectivity index (χ3v) is 4.01. The first-order chi connectivity index (χ1) is 11.8. The highest BCUT2D eigenvalue weighted by atomic mass is 35.5. The summed E-state index contributed by atoms with van der Waals surface area (Å²) >= 11 is 0. The van der Waals surface area contributed by atoms with Gasteiger partial charge in [-0.15, -0.1) is 12.4 Å². The molecule has 2 aromatic rings. The Labute approximate surface area is 152 Å². The highest BCUT2D eigenvalue weighted by Crippen LogP contribution is 2.40. The van der Waals surface area contributed by atoms with Crippen LogP contribution in [-0.2, 0) is 13.1 Å². The molecule has 0 saturated carbocycles. The Morgan fingerprint density at radius 3 is 2.72 bits per heavy atom. The summed E-state index contributed by atoms with van der Waals surface area (Å²) in [6.45, 7) is 2.75. The monoisotopic (exact) mass is 365 g/mol. The number of rotatable bonds is 5. The smallest absolute Gasteiger partial charge is 0.231 e. The Balaban J connectivity index is 0.00000182. The fraction of sp³-hybridized carbons (Fsp3) is 0.333. The zero-order valence-electron chi connectivity index (χ0n) is 13.9. The molecule has 0 fully saturated rings. The van der Waals surface area contributed by atoms with Crippen LogP contribution in [0.4, 0.5) is 0 Å². The second kappa shape index (κ2) is 7.72. The lowest BCUT2D eigenvalue weighted by Gasteiger charge is -2.21. The van der Waals surface area contributed by atoms with Crippen LogP contribution in [0.5, 0.6) is 28.7 Å². The van der Waals surface area contributed by atoms with Gasteiger partial charge in [0.25, 0.3) is 0 Å². The summed E-state index contributed by atoms with van der Waals surface area (Å²) in [7, 11) is 1.63. The molecule has 0 bridgehead atoms. The third kappa shape index (κ3) is 3.55. The van der Waals surface area contributed by atoms with Crippen LogP contribution in [0, 0.1) is 0 Å². The summed E-state index contributed by atoms with van der Waals surface area (Å²) < 4.78 is 27.6. The molecule has 4 rings (SSSR count). The van der Waals surface area contributed by atoms with Gasteiger partial charge in [0.1, 0.15) is 13.2 Å². The number of hydrogen-bond donors (Lipinski definition) is 1. The van der Waals surface area contributed by atoms with E-state index in [1.54, 1.807) is 7.11 Å². The molecule has 0 unspecified atom stereocenters. The Hall–Kier alpha value is -2.31. The van der Waals surface area contributed by atoms with Crippen molar-refractivity contribution < 1.29 is 23.7 Å². The van der Waals surface area contributed by atoms with Crippen molar-refractivity contribution in [1.29, 1.82) is 0 Å². The normalized spacial score (nSPS) is 14.0. The van der Waals surface area contributed by atoms with Crippen molar-refractivity contribution in [3.05, 3.63) is 41.5 Å². The summed E-state index contributed by atoms with van der Waals surface area (Å²) in [5, 5.41) is 3.42. The zero-order valence-corrected chi connectivity index (χ0v) is 14.7. The average Bonchev–Trinajstić information content (AvgIpc) is 3.10. The minimum atomic E-state index is 0. The molecule has 2 aromatic carbocycles. The van der Waals surface area contributed by atoms with Gasteiger partial charge in [0.05, 0.1) is 7.11 Å². The van der Waals surface area contributed by atoms with Gasteiger partial charge in [-0.05, 0) is 23.8 Å². The second-order valence-electron chi connectivity index (χ2n) is 5.58. The number of fused-ring (bicyclic) bond motifs is 2. The van der Waals surface area contributed by atoms with Crippen molar-refractivity contribution in [2.75, 3.05) is 27.1 Å². The fourth-order valence-corrected chi connectivity index (χ4v) is 2.90. The van der Waals surface area contributed by atoms with Crippen molar-refractivity contribution in [3.63, 3.8) is 0 Å². The van der Waals surface area contributed by atoms with E-state index in [0.29, 0.717) is 37.8 Å². The van der Waals surface area contributed by atoms with Gasteiger partial charge in [0.2, 0.25) is 12.5 Å². The SMILES string of the molecule is COc1cc(CNCc2cccc3c2OCO3)cc2c1OCCO2.Cl. The summed E-state index contributed by atoms with van der Waals surface area (Å²) in [5.41, 5.74) is 2.15. The lowest BCUT2D eigenvalue weighted by atomic mass is 10.1. The van der Waals surface area contributed by atoms with Crippen molar-refractivity contribution in [1.82, 2.24) is 5.32 Å². The van der Waals surface area contributed by atoms with E-state index in [2.05, 4.69) is 5.32 Å². The molecule has 0 spiro atoms.